The second-order valence-corrected chi connectivity index (χ2v) is 5.46. The molecule has 0 saturated heterocycles. The normalized spacial score (nSPS) is 13.7. The molecule has 0 bridgehead atoms. The summed E-state index contributed by atoms with van der Waals surface area (Å²) in [5.41, 5.74) is 0.0222. The monoisotopic (exact) mass is 234 g/mol. The van der Waals surface area contributed by atoms with Gasteiger partial charge in [0.25, 0.3) is 0 Å². The smallest absolute Gasteiger partial charge is 0.305 e. The van der Waals surface area contributed by atoms with E-state index in [1.165, 1.54) is 0 Å². The van der Waals surface area contributed by atoms with Gasteiger partial charge in [-0.3, -0.25) is 4.79 Å². The van der Waals surface area contributed by atoms with Crippen LogP contribution in [-0.2, 0) is 19.0 Å². The van der Waals surface area contributed by atoms with Crippen molar-refractivity contribution >= 4 is 15.5 Å². The first-order chi connectivity index (χ1) is 7.17. The summed E-state index contributed by atoms with van der Waals surface area (Å²) in [7, 11) is 2.52. The highest BCUT2D eigenvalue weighted by atomic mass is 28.2. The van der Waals surface area contributed by atoms with Crippen LogP contribution < -0.4 is 0 Å². The van der Waals surface area contributed by atoms with E-state index in [4.69, 9.17) is 14.2 Å². The molecule has 0 saturated carbocycles. The van der Waals surface area contributed by atoms with Crippen molar-refractivity contribution in [1.82, 2.24) is 0 Å². The zero-order valence-corrected chi connectivity index (χ0v) is 11.5. The lowest BCUT2D eigenvalue weighted by molar-refractivity contribution is -0.146. The molecule has 0 amide bonds. The molecule has 0 aliphatic heterocycles. The van der Waals surface area contributed by atoms with Crippen LogP contribution in [-0.4, -0.2) is 41.3 Å². The summed E-state index contributed by atoms with van der Waals surface area (Å²) in [5, 5.41) is 0. The van der Waals surface area contributed by atoms with Crippen LogP contribution in [0.1, 0.15) is 33.1 Å². The van der Waals surface area contributed by atoms with Crippen molar-refractivity contribution < 1.29 is 19.0 Å². The van der Waals surface area contributed by atoms with Crippen LogP contribution in [0.2, 0.25) is 0 Å². The average molecular weight is 234 g/mol. The Kier molecular flexibility index (Phi) is 8.65. The Bertz CT molecular complexity index is 171. The second kappa shape index (κ2) is 8.88. The SMILES string of the molecule is CCCC(=O)OC(CC)[SiH2]C(OC)OC. The summed E-state index contributed by atoms with van der Waals surface area (Å²) < 4.78 is 15.6. The Balaban J connectivity index is 3.95. The predicted octanol–water partition coefficient (Wildman–Crippen LogP) is 0.811. The van der Waals surface area contributed by atoms with Crippen molar-refractivity contribution in [2.75, 3.05) is 14.2 Å². The standard InChI is InChI=1S/C10H22O4Si/c1-5-7-8(11)14-9(6-2)15-10(12-3)13-4/h9-10H,5-7,15H2,1-4H3. The molecule has 0 rings (SSSR count). The fraction of sp³-hybridized carbons (Fsp3) is 0.900. The first-order valence-electron chi connectivity index (χ1n) is 5.42. The van der Waals surface area contributed by atoms with E-state index in [0.29, 0.717) is 6.42 Å². The first kappa shape index (κ1) is 14.6. The molecule has 90 valence electrons. The molecule has 0 aliphatic rings. The third kappa shape index (κ3) is 6.65. The molecule has 0 radical (unpaired) electrons. The topological polar surface area (TPSA) is 44.8 Å². The summed E-state index contributed by atoms with van der Waals surface area (Å²) in [6, 6.07) is 0. The molecule has 0 aliphatic carbocycles. The van der Waals surface area contributed by atoms with E-state index in [0.717, 1.165) is 12.8 Å². The minimum absolute atomic E-state index is 0.0222. The molecule has 4 nitrogen and oxygen atoms in total. The zero-order chi connectivity index (χ0) is 11.7. The van der Waals surface area contributed by atoms with Crippen LogP contribution in [0.4, 0.5) is 0 Å². The van der Waals surface area contributed by atoms with Crippen LogP contribution in [0.3, 0.4) is 0 Å². The van der Waals surface area contributed by atoms with Crippen LogP contribution in [0, 0.1) is 0 Å². The highest BCUT2D eigenvalue weighted by Gasteiger charge is 2.18. The van der Waals surface area contributed by atoms with Crippen molar-refractivity contribution in [2.45, 2.75) is 44.8 Å². The van der Waals surface area contributed by atoms with E-state index in [-0.39, 0.29) is 17.6 Å². The number of rotatable bonds is 8. The summed E-state index contributed by atoms with van der Waals surface area (Å²) >= 11 is 0. The molecule has 0 spiro atoms. The van der Waals surface area contributed by atoms with Crippen molar-refractivity contribution in [3.63, 3.8) is 0 Å². The van der Waals surface area contributed by atoms with Gasteiger partial charge in [0.15, 0.2) is 0 Å². The fourth-order valence-electron chi connectivity index (χ4n) is 1.25. The molecule has 15 heavy (non-hydrogen) atoms. The van der Waals surface area contributed by atoms with Crippen molar-refractivity contribution in [1.29, 1.82) is 0 Å². The molecule has 0 aromatic rings. The molecule has 0 heterocycles. The van der Waals surface area contributed by atoms with E-state index in [1.807, 2.05) is 13.8 Å². The molecule has 1 atom stereocenters. The molecule has 1 unspecified atom stereocenters. The zero-order valence-electron chi connectivity index (χ0n) is 10.1. The quantitative estimate of drug-likeness (QED) is 0.354. The largest absolute Gasteiger partial charge is 0.467 e. The summed E-state index contributed by atoms with van der Waals surface area (Å²) in [4.78, 5) is 11.3. The van der Waals surface area contributed by atoms with E-state index in [1.54, 1.807) is 14.2 Å². The number of carbonyl (C=O) groups is 1. The van der Waals surface area contributed by atoms with Gasteiger partial charge in [0, 0.05) is 20.6 Å². The van der Waals surface area contributed by atoms with Gasteiger partial charge in [0.1, 0.15) is 15.4 Å². The number of ether oxygens (including phenoxy) is 3. The summed E-state index contributed by atoms with van der Waals surface area (Å²) in [6.07, 6.45) is 2.16. The van der Waals surface area contributed by atoms with Crippen LogP contribution >= 0.6 is 0 Å². The third-order valence-corrected chi connectivity index (χ3v) is 4.51. The van der Waals surface area contributed by atoms with E-state index in [2.05, 4.69) is 0 Å². The molecular formula is C10H22O4Si. The van der Waals surface area contributed by atoms with Gasteiger partial charge in [0.2, 0.25) is 0 Å². The van der Waals surface area contributed by atoms with Crippen molar-refractivity contribution in [3.05, 3.63) is 0 Å². The highest BCUT2D eigenvalue weighted by Crippen LogP contribution is 2.04. The lowest BCUT2D eigenvalue weighted by atomic mass is 10.3. The Morgan fingerprint density at radius 3 is 2.27 bits per heavy atom. The lowest BCUT2D eigenvalue weighted by Gasteiger charge is -2.20. The number of hydrogen-bond donors (Lipinski definition) is 0. The average Bonchev–Trinajstić information content (AvgIpc) is 2.24. The Labute approximate surface area is 94.1 Å². The maximum atomic E-state index is 11.3. The van der Waals surface area contributed by atoms with Gasteiger partial charge in [-0.05, 0) is 12.8 Å². The van der Waals surface area contributed by atoms with Crippen molar-refractivity contribution in [3.8, 4) is 0 Å². The number of hydrogen-bond acceptors (Lipinski definition) is 4. The van der Waals surface area contributed by atoms with Crippen LogP contribution in [0.5, 0.6) is 0 Å². The van der Waals surface area contributed by atoms with Crippen LogP contribution in [0.25, 0.3) is 0 Å². The maximum absolute atomic E-state index is 11.3. The number of methoxy groups -OCH3 is 2. The second-order valence-electron chi connectivity index (χ2n) is 3.41. The van der Waals surface area contributed by atoms with E-state index in [9.17, 15) is 4.79 Å². The molecule has 0 N–H and O–H groups in total. The van der Waals surface area contributed by atoms with Gasteiger partial charge in [-0.15, -0.1) is 0 Å². The Morgan fingerprint density at radius 1 is 1.27 bits per heavy atom. The van der Waals surface area contributed by atoms with Gasteiger partial charge in [-0.1, -0.05) is 13.8 Å². The maximum Gasteiger partial charge on any atom is 0.305 e. The molecule has 0 aromatic heterocycles. The Hall–Kier alpha value is -0.393. The molecular weight excluding hydrogens is 212 g/mol. The minimum atomic E-state index is -0.708. The van der Waals surface area contributed by atoms with Gasteiger partial charge in [-0.25, -0.2) is 0 Å². The summed E-state index contributed by atoms with van der Waals surface area (Å²) in [6.45, 7) is 3.98. The minimum Gasteiger partial charge on any atom is -0.467 e. The van der Waals surface area contributed by atoms with E-state index < -0.39 is 9.52 Å². The lowest BCUT2D eigenvalue weighted by Crippen LogP contribution is -2.34. The highest BCUT2D eigenvalue weighted by molar-refractivity contribution is 6.38. The number of carbonyl (C=O) groups excluding carboxylic acids is 1. The van der Waals surface area contributed by atoms with Gasteiger partial charge < -0.3 is 14.2 Å². The fourth-order valence-corrected chi connectivity index (χ4v) is 2.68. The van der Waals surface area contributed by atoms with E-state index >= 15 is 0 Å². The van der Waals surface area contributed by atoms with Crippen molar-refractivity contribution in [2.24, 2.45) is 0 Å². The molecule has 5 heteroatoms. The first-order valence-corrected chi connectivity index (χ1v) is 7.06. The van der Waals surface area contributed by atoms with Gasteiger partial charge >= 0.3 is 5.97 Å². The van der Waals surface area contributed by atoms with Gasteiger partial charge in [0.05, 0.1) is 5.73 Å². The molecule has 0 aromatic carbocycles. The Morgan fingerprint density at radius 2 is 1.87 bits per heavy atom. The summed E-state index contributed by atoms with van der Waals surface area (Å²) in [5.74, 6) is -0.271. The number of esters is 1. The van der Waals surface area contributed by atoms with Crippen LogP contribution in [0.15, 0.2) is 0 Å². The third-order valence-electron chi connectivity index (χ3n) is 2.19. The van der Waals surface area contributed by atoms with Gasteiger partial charge in [-0.2, -0.15) is 0 Å². The molecule has 0 fully saturated rings. The predicted molar refractivity (Wildman–Crippen MR) is 61.4 cm³/mol.